The second-order valence-electron chi connectivity index (χ2n) is 4.35. The third kappa shape index (κ3) is 2.47. The number of carbonyl (C=O) groups excluding carboxylic acids is 1. The van der Waals surface area contributed by atoms with E-state index in [-0.39, 0.29) is 0 Å². The molecule has 0 fully saturated rings. The van der Waals surface area contributed by atoms with Crippen LogP contribution in [-0.2, 0) is 4.79 Å². The van der Waals surface area contributed by atoms with Gasteiger partial charge in [-0.25, -0.2) is 4.68 Å². The Morgan fingerprint density at radius 2 is 2.16 bits per heavy atom. The number of hydrogen-bond donors (Lipinski definition) is 1. The quantitative estimate of drug-likeness (QED) is 0.869. The van der Waals surface area contributed by atoms with Crippen LogP contribution in [0.3, 0.4) is 0 Å². The highest BCUT2D eigenvalue weighted by Crippen LogP contribution is 2.23. The second kappa shape index (κ2) is 5.03. The molecule has 1 atom stereocenters. The van der Waals surface area contributed by atoms with E-state index in [1.165, 1.54) is 0 Å². The Morgan fingerprint density at radius 1 is 1.47 bits per heavy atom. The Morgan fingerprint density at radius 3 is 2.74 bits per heavy atom. The molecule has 0 saturated heterocycles. The van der Waals surface area contributed by atoms with Crippen LogP contribution in [0, 0.1) is 13.8 Å². The van der Waals surface area contributed by atoms with E-state index in [0.29, 0.717) is 16.3 Å². The van der Waals surface area contributed by atoms with Crippen molar-refractivity contribution in [2.45, 2.75) is 19.9 Å². The highest BCUT2D eigenvalue weighted by molar-refractivity contribution is 6.30. The largest absolute Gasteiger partial charge is 0.544 e. The minimum Gasteiger partial charge on any atom is -0.544 e. The number of nitrogens with zero attached hydrogens (tertiary/aromatic N) is 2. The SMILES string of the molecule is Cc1nn(-c2cccc(Cl)c2)c(C)c1[C@@H]([NH3+])C(=O)[O-]. The Bertz CT molecular complexity index is 637. The molecule has 0 radical (unpaired) electrons. The lowest BCUT2D eigenvalue weighted by atomic mass is 10.1. The predicted molar refractivity (Wildman–Crippen MR) is 68.7 cm³/mol. The molecule has 0 unspecified atom stereocenters. The first-order valence-corrected chi connectivity index (χ1v) is 6.15. The van der Waals surface area contributed by atoms with Crippen molar-refractivity contribution in [1.29, 1.82) is 0 Å². The molecule has 6 heteroatoms. The summed E-state index contributed by atoms with van der Waals surface area (Å²) < 4.78 is 1.66. The van der Waals surface area contributed by atoms with Crippen LogP contribution in [0.2, 0.25) is 5.02 Å². The third-order valence-corrected chi connectivity index (χ3v) is 3.27. The molecule has 0 amide bonds. The van der Waals surface area contributed by atoms with E-state index in [9.17, 15) is 9.90 Å². The van der Waals surface area contributed by atoms with Gasteiger partial charge in [0.05, 0.1) is 22.6 Å². The normalized spacial score (nSPS) is 12.4. The molecule has 0 aliphatic carbocycles. The summed E-state index contributed by atoms with van der Waals surface area (Å²) in [5, 5.41) is 15.9. The van der Waals surface area contributed by atoms with E-state index < -0.39 is 12.0 Å². The van der Waals surface area contributed by atoms with E-state index in [1.807, 2.05) is 12.1 Å². The second-order valence-corrected chi connectivity index (χ2v) is 4.78. The number of benzene rings is 1. The Kier molecular flexibility index (Phi) is 3.59. The first-order valence-electron chi connectivity index (χ1n) is 5.78. The van der Waals surface area contributed by atoms with Crippen LogP contribution in [0.15, 0.2) is 24.3 Å². The minimum absolute atomic E-state index is 0.583. The average Bonchev–Trinajstić information content (AvgIpc) is 2.64. The van der Waals surface area contributed by atoms with E-state index >= 15 is 0 Å². The maximum Gasteiger partial charge on any atom is 0.154 e. The summed E-state index contributed by atoms with van der Waals surface area (Å²) in [5.74, 6) is -1.21. The van der Waals surface area contributed by atoms with Gasteiger partial charge in [0.25, 0.3) is 0 Å². The smallest absolute Gasteiger partial charge is 0.154 e. The van der Waals surface area contributed by atoms with Gasteiger partial charge in [0.15, 0.2) is 6.04 Å². The zero-order valence-corrected chi connectivity index (χ0v) is 11.4. The highest BCUT2D eigenvalue weighted by Gasteiger charge is 2.22. The number of carbonyl (C=O) groups is 1. The molecule has 0 aliphatic rings. The number of halogens is 1. The first-order chi connectivity index (χ1) is 8.91. The standard InChI is InChI=1S/C13H14ClN3O2/c1-7-11(12(15)13(18)19)8(2)17(16-7)10-5-3-4-9(14)6-10/h3-6,12H,15H2,1-2H3,(H,18,19)/t12-/m1/s1. The predicted octanol–water partition coefficient (Wildman–Crippen LogP) is 0.175. The van der Waals surface area contributed by atoms with Crippen LogP contribution < -0.4 is 10.8 Å². The molecule has 0 saturated carbocycles. The topological polar surface area (TPSA) is 85.6 Å². The fourth-order valence-corrected chi connectivity index (χ4v) is 2.32. The van der Waals surface area contributed by atoms with Crippen LogP contribution in [-0.4, -0.2) is 15.7 Å². The van der Waals surface area contributed by atoms with E-state index in [0.717, 1.165) is 11.4 Å². The van der Waals surface area contributed by atoms with Gasteiger partial charge >= 0.3 is 0 Å². The lowest BCUT2D eigenvalue weighted by molar-refractivity contribution is -0.443. The van der Waals surface area contributed by atoms with Gasteiger partial charge < -0.3 is 15.6 Å². The average molecular weight is 280 g/mol. The molecule has 1 aromatic heterocycles. The fraction of sp³-hybridized carbons (Fsp3) is 0.231. The molecule has 2 rings (SSSR count). The summed E-state index contributed by atoms with van der Waals surface area (Å²) in [4.78, 5) is 11.0. The molecular weight excluding hydrogens is 266 g/mol. The molecule has 19 heavy (non-hydrogen) atoms. The van der Waals surface area contributed by atoms with Crippen LogP contribution in [0.4, 0.5) is 0 Å². The highest BCUT2D eigenvalue weighted by atomic mass is 35.5. The van der Waals surface area contributed by atoms with Crippen LogP contribution in [0.5, 0.6) is 0 Å². The molecule has 100 valence electrons. The summed E-state index contributed by atoms with van der Waals surface area (Å²) in [7, 11) is 0. The number of carboxylic acid groups (broad SMARTS) is 1. The van der Waals surface area contributed by atoms with Crippen molar-refractivity contribution in [3.05, 3.63) is 46.2 Å². The molecule has 0 spiro atoms. The van der Waals surface area contributed by atoms with Gasteiger partial charge in [-0.3, -0.25) is 0 Å². The maximum atomic E-state index is 11.0. The molecule has 1 heterocycles. The molecule has 3 N–H and O–H groups in total. The van der Waals surface area contributed by atoms with Crippen molar-refractivity contribution in [1.82, 2.24) is 9.78 Å². The van der Waals surface area contributed by atoms with Gasteiger partial charge in [0.2, 0.25) is 0 Å². The molecule has 0 bridgehead atoms. The third-order valence-electron chi connectivity index (χ3n) is 3.03. The minimum atomic E-state index is -1.21. The van der Waals surface area contributed by atoms with Gasteiger partial charge in [0.1, 0.15) is 5.97 Å². The number of hydrogen-bond acceptors (Lipinski definition) is 3. The number of rotatable bonds is 3. The zero-order chi connectivity index (χ0) is 14.2. The number of aliphatic carboxylic acids is 1. The van der Waals surface area contributed by atoms with Crippen molar-refractivity contribution in [3.8, 4) is 5.69 Å². The first kappa shape index (κ1) is 13.6. The van der Waals surface area contributed by atoms with Crippen LogP contribution in [0.25, 0.3) is 5.69 Å². The van der Waals surface area contributed by atoms with Crippen molar-refractivity contribution in [2.75, 3.05) is 0 Å². The number of quaternary nitrogens is 1. The summed E-state index contributed by atoms with van der Waals surface area (Å²) in [5.41, 5.74) is 6.33. The number of aromatic nitrogens is 2. The Hall–Kier alpha value is -1.85. The van der Waals surface area contributed by atoms with Crippen molar-refractivity contribution < 1.29 is 15.6 Å². The molecule has 5 nitrogen and oxygen atoms in total. The van der Waals surface area contributed by atoms with Gasteiger partial charge in [-0.1, -0.05) is 17.7 Å². The maximum absolute atomic E-state index is 11.0. The zero-order valence-electron chi connectivity index (χ0n) is 10.7. The van der Waals surface area contributed by atoms with Gasteiger partial charge in [0, 0.05) is 5.02 Å². The summed E-state index contributed by atoms with van der Waals surface area (Å²) in [6.07, 6.45) is 0. The molecule has 0 aliphatic heterocycles. The van der Waals surface area contributed by atoms with E-state index in [4.69, 9.17) is 11.6 Å². The van der Waals surface area contributed by atoms with Gasteiger partial charge in [-0.05, 0) is 32.0 Å². The van der Waals surface area contributed by atoms with E-state index in [2.05, 4.69) is 10.8 Å². The van der Waals surface area contributed by atoms with E-state index in [1.54, 1.807) is 30.7 Å². The lowest BCUT2D eigenvalue weighted by Gasteiger charge is -2.10. The lowest BCUT2D eigenvalue weighted by Crippen LogP contribution is -2.61. The van der Waals surface area contributed by atoms with Crippen molar-refractivity contribution >= 4 is 17.6 Å². The monoisotopic (exact) mass is 279 g/mol. The summed E-state index contributed by atoms with van der Waals surface area (Å²) >= 11 is 5.95. The number of carboxylic acids is 1. The van der Waals surface area contributed by atoms with Gasteiger partial charge in [-0.15, -0.1) is 0 Å². The van der Waals surface area contributed by atoms with Crippen LogP contribution >= 0.6 is 11.6 Å². The molecule has 2 aromatic rings. The molecular formula is C13H14ClN3O2. The Balaban J connectivity index is 2.56. The van der Waals surface area contributed by atoms with Crippen molar-refractivity contribution in [2.24, 2.45) is 0 Å². The summed E-state index contributed by atoms with van der Waals surface area (Å²) in [6.45, 7) is 3.56. The van der Waals surface area contributed by atoms with Gasteiger partial charge in [-0.2, -0.15) is 5.10 Å². The number of aryl methyl sites for hydroxylation is 1. The fourth-order valence-electron chi connectivity index (χ4n) is 2.14. The van der Waals surface area contributed by atoms with Crippen LogP contribution in [0.1, 0.15) is 23.0 Å². The molecule has 1 aromatic carbocycles. The summed E-state index contributed by atoms with van der Waals surface area (Å²) in [6, 6.07) is 6.26. The Labute approximate surface area is 115 Å². The van der Waals surface area contributed by atoms with Crippen molar-refractivity contribution in [3.63, 3.8) is 0 Å².